The molecule has 2 unspecified atom stereocenters. The zero-order valence-corrected chi connectivity index (χ0v) is 21.6. The van der Waals surface area contributed by atoms with E-state index in [-0.39, 0.29) is 5.69 Å². The van der Waals surface area contributed by atoms with Crippen LogP contribution in [0.5, 0.6) is 0 Å². The topological polar surface area (TPSA) is 88.6 Å². The van der Waals surface area contributed by atoms with Gasteiger partial charge in [0.1, 0.15) is 13.0 Å². The molecule has 3 N–H and O–H groups in total. The lowest BCUT2D eigenvalue weighted by molar-refractivity contribution is 0.361. The van der Waals surface area contributed by atoms with Gasteiger partial charge in [-0.05, 0) is 78.4 Å². The van der Waals surface area contributed by atoms with Gasteiger partial charge in [-0.1, -0.05) is 42.5 Å². The lowest BCUT2D eigenvalue weighted by Gasteiger charge is -2.32. The van der Waals surface area contributed by atoms with Crippen LogP contribution >= 0.6 is 11.8 Å². The number of hydrogen-bond acceptors (Lipinski definition) is 6. The van der Waals surface area contributed by atoms with E-state index in [0.29, 0.717) is 18.6 Å². The van der Waals surface area contributed by atoms with E-state index >= 15 is 0 Å². The van der Waals surface area contributed by atoms with Gasteiger partial charge in [0.05, 0.1) is 23.1 Å². The summed E-state index contributed by atoms with van der Waals surface area (Å²) in [6.45, 7) is 1.53. The number of thioether (sulfide) groups is 1. The molecule has 0 amide bonds. The fourth-order valence-corrected chi connectivity index (χ4v) is 6.29. The highest BCUT2D eigenvalue weighted by Gasteiger charge is 2.26. The summed E-state index contributed by atoms with van der Waals surface area (Å²) < 4.78 is 0. The van der Waals surface area contributed by atoms with E-state index < -0.39 is 0 Å². The SMILES string of the molecule is CSc1cc(CC2CC(c3cccc4[nH]c(=O)[nH]c34)CCN2)c(-c2ccccc2)cc1N1C=NC=NC1. The lowest BCUT2D eigenvalue weighted by Crippen LogP contribution is -2.39. The number of para-hydroxylation sites is 1. The van der Waals surface area contributed by atoms with E-state index in [2.05, 4.69) is 85.0 Å². The molecule has 1 aromatic heterocycles. The Labute approximate surface area is 220 Å². The minimum atomic E-state index is -0.144. The number of benzene rings is 3. The summed E-state index contributed by atoms with van der Waals surface area (Å²) in [5.74, 6) is 0.392. The van der Waals surface area contributed by atoms with Crippen molar-refractivity contribution in [3.8, 4) is 11.1 Å². The minimum Gasteiger partial charge on any atom is -0.314 e. The Bertz CT molecular complexity index is 1520. The first kappa shape index (κ1) is 23.8. The monoisotopic (exact) mass is 510 g/mol. The number of nitrogens with one attached hydrogen (secondary N) is 3. The van der Waals surface area contributed by atoms with Crippen molar-refractivity contribution in [2.45, 2.75) is 36.1 Å². The summed E-state index contributed by atoms with van der Waals surface area (Å²) in [6.07, 6.45) is 8.59. The highest BCUT2D eigenvalue weighted by Crippen LogP contribution is 2.38. The van der Waals surface area contributed by atoms with E-state index in [9.17, 15) is 4.79 Å². The number of fused-ring (bicyclic) bond motifs is 1. The molecular weight excluding hydrogens is 480 g/mol. The van der Waals surface area contributed by atoms with Crippen LogP contribution in [0.1, 0.15) is 29.9 Å². The van der Waals surface area contributed by atoms with Crippen molar-refractivity contribution in [3.05, 3.63) is 82.3 Å². The van der Waals surface area contributed by atoms with Gasteiger partial charge >= 0.3 is 5.69 Å². The number of H-pyrrole nitrogens is 2. The van der Waals surface area contributed by atoms with Crippen LogP contribution < -0.4 is 15.9 Å². The Balaban J connectivity index is 1.34. The van der Waals surface area contributed by atoms with Crippen LogP contribution in [0.25, 0.3) is 22.2 Å². The molecule has 6 rings (SSSR count). The molecule has 8 heteroatoms. The third-order valence-electron chi connectivity index (χ3n) is 7.37. The fraction of sp³-hybridized carbons (Fsp3) is 0.276. The molecule has 0 aliphatic carbocycles. The number of aromatic amines is 2. The van der Waals surface area contributed by atoms with Crippen molar-refractivity contribution in [3.63, 3.8) is 0 Å². The van der Waals surface area contributed by atoms with Crippen molar-refractivity contribution < 1.29 is 0 Å². The first-order valence-electron chi connectivity index (χ1n) is 12.7. The van der Waals surface area contributed by atoms with Gasteiger partial charge in [0, 0.05) is 10.9 Å². The van der Waals surface area contributed by atoms with E-state index in [1.165, 1.54) is 27.1 Å². The average molecular weight is 511 g/mol. The van der Waals surface area contributed by atoms with Crippen LogP contribution in [0.3, 0.4) is 0 Å². The minimum absolute atomic E-state index is 0.144. The number of aromatic nitrogens is 2. The van der Waals surface area contributed by atoms with Crippen LogP contribution in [0, 0.1) is 0 Å². The quantitative estimate of drug-likeness (QED) is 0.313. The molecule has 2 aliphatic heterocycles. The smallest absolute Gasteiger partial charge is 0.314 e. The number of aliphatic imine (C=N–C) groups is 2. The standard InChI is InChI=1S/C29H30N6OS/c1-37-27-14-21(24(19-6-3-2-4-7-19)15-26(27)35-17-30-16-31-18-35)13-22-12-20(10-11-32-22)23-8-5-9-25-28(23)34-29(36)33-25/h2-9,14-17,20,22,32H,10-13,18H2,1H3,(H2,33,34,36). The first-order chi connectivity index (χ1) is 18.2. The summed E-state index contributed by atoms with van der Waals surface area (Å²) in [5.41, 5.74) is 7.85. The molecule has 0 saturated carbocycles. The van der Waals surface area contributed by atoms with Gasteiger partial charge in [-0.3, -0.25) is 4.99 Å². The molecule has 7 nitrogen and oxygen atoms in total. The van der Waals surface area contributed by atoms with Gasteiger partial charge in [-0.2, -0.15) is 0 Å². The van der Waals surface area contributed by atoms with Crippen molar-refractivity contribution >= 4 is 41.2 Å². The third kappa shape index (κ3) is 4.86. The Morgan fingerprint density at radius 3 is 2.78 bits per heavy atom. The van der Waals surface area contributed by atoms with Crippen molar-refractivity contribution in [2.24, 2.45) is 9.98 Å². The second kappa shape index (κ2) is 10.4. The Morgan fingerprint density at radius 1 is 1.08 bits per heavy atom. The summed E-state index contributed by atoms with van der Waals surface area (Å²) in [7, 11) is 0. The van der Waals surface area contributed by atoms with Crippen molar-refractivity contribution in [1.29, 1.82) is 0 Å². The zero-order chi connectivity index (χ0) is 25.2. The van der Waals surface area contributed by atoms with Gasteiger partial charge in [-0.25, -0.2) is 9.79 Å². The predicted molar refractivity (Wildman–Crippen MR) is 154 cm³/mol. The third-order valence-corrected chi connectivity index (χ3v) is 8.14. The van der Waals surface area contributed by atoms with Crippen molar-refractivity contribution in [1.82, 2.24) is 15.3 Å². The molecule has 3 heterocycles. The molecule has 0 bridgehead atoms. The Hall–Kier alpha value is -3.62. The van der Waals surface area contributed by atoms with Gasteiger partial charge < -0.3 is 20.2 Å². The lowest BCUT2D eigenvalue weighted by atomic mass is 9.83. The molecular formula is C29H30N6OS. The second-order valence-corrected chi connectivity index (χ2v) is 10.5. The summed E-state index contributed by atoms with van der Waals surface area (Å²) in [4.78, 5) is 29.8. The molecule has 1 fully saturated rings. The van der Waals surface area contributed by atoms with E-state index in [0.717, 1.165) is 42.5 Å². The molecule has 0 radical (unpaired) electrons. The van der Waals surface area contributed by atoms with Crippen LogP contribution in [0.4, 0.5) is 5.69 Å². The van der Waals surface area contributed by atoms with Crippen LogP contribution in [-0.4, -0.2) is 48.2 Å². The normalized spacial score (nSPS) is 19.5. The molecule has 1 saturated heterocycles. The number of imidazole rings is 1. The largest absolute Gasteiger partial charge is 0.323 e. The molecule has 188 valence electrons. The van der Waals surface area contributed by atoms with Crippen LogP contribution in [0.15, 0.2) is 80.3 Å². The van der Waals surface area contributed by atoms with E-state index in [1.54, 1.807) is 18.1 Å². The van der Waals surface area contributed by atoms with Gasteiger partial charge in [0.25, 0.3) is 0 Å². The molecule has 2 aliphatic rings. The summed E-state index contributed by atoms with van der Waals surface area (Å²) in [5, 5.41) is 3.78. The maximum absolute atomic E-state index is 12.0. The van der Waals surface area contributed by atoms with E-state index in [1.807, 2.05) is 18.5 Å². The van der Waals surface area contributed by atoms with Crippen LogP contribution in [-0.2, 0) is 6.42 Å². The van der Waals surface area contributed by atoms with Crippen LogP contribution in [0.2, 0.25) is 0 Å². The number of piperidine rings is 1. The summed E-state index contributed by atoms with van der Waals surface area (Å²) >= 11 is 1.76. The highest BCUT2D eigenvalue weighted by atomic mass is 32.2. The molecule has 3 aromatic carbocycles. The highest BCUT2D eigenvalue weighted by molar-refractivity contribution is 7.98. The molecule has 2 atom stereocenters. The second-order valence-electron chi connectivity index (χ2n) is 9.65. The summed E-state index contributed by atoms with van der Waals surface area (Å²) in [6, 6.07) is 21.8. The average Bonchev–Trinajstić information content (AvgIpc) is 3.34. The number of rotatable bonds is 6. The number of anilines is 1. The van der Waals surface area contributed by atoms with Crippen molar-refractivity contribution in [2.75, 3.05) is 24.4 Å². The maximum atomic E-state index is 12.0. The van der Waals surface area contributed by atoms with Gasteiger partial charge in [0.15, 0.2) is 0 Å². The molecule has 37 heavy (non-hydrogen) atoms. The van der Waals surface area contributed by atoms with Gasteiger partial charge in [-0.15, -0.1) is 11.8 Å². The number of hydrogen-bond donors (Lipinski definition) is 3. The molecule has 4 aromatic rings. The van der Waals surface area contributed by atoms with E-state index in [4.69, 9.17) is 0 Å². The Morgan fingerprint density at radius 2 is 1.97 bits per heavy atom. The Kier molecular flexibility index (Phi) is 6.68. The predicted octanol–water partition coefficient (Wildman–Crippen LogP) is 5.16. The maximum Gasteiger partial charge on any atom is 0.323 e. The first-order valence-corrected chi connectivity index (χ1v) is 13.9. The zero-order valence-electron chi connectivity index (χ0n) is 20.8. The van der Waals surface area contributed by atoms with Gasteiger partial charge in [0.2, 0.25) is 0 Å². The number of nitrogens with zero attached hydrogens (tertiary/aromatic N) is 3. The molecule has 0 spiro atoms. The fourth-order valence-electron chi connectivity index (χ4n) is 5.64.